The quantitative estimate of drug-likeness (QED) is 0.121. The first-order chi connectivity index (χ1) is 14.7. The van der Waals surface area contributed by atoms with Crippen molar-refractivity contribution in [1.29, 1.82) is 0 Å². The molecule has 174 valence electrons. The van der Waals surface area contributed by atoms with Crippen molar-refractivity contribution in [2.24, 2.45) is 0 Å². The number of hydrogen-bond donors (Lipinski definition) is 0. The van der Waals surface area contributed by atoms with Gasteiger partial charge in [-0.25, -0.2) is 0 Å². The lowest BCUT2D eigenvalue weighted by atomic mass is 10.1. The van der Waals surface area contributed by atoms with E-state index in [1.165, 1.54) is 37.2 Å². The summed E-state index contributed by atoms with van der Waals surface area (Å²) in [5.41, 5.74) is 0. The van der Waals surface area contributed by atoms with Gasteiger partial charge in [-0.2, -0.15) is 0 Å². The van der Waals surface area contributed by atoms with Crippen LogP contribution in [0.25, 0.3) is 0 Å². The molecular formula is C22H38O4S4. The van der Waals surface area contributed by atoms with Crippen molar-refractivity contribution in [2.75, 3.05) is 24.7 Å². The first kappa shape index (κ1) is 26.6. The van der Waals surface area contributed by atoms with Gasteiger partial charge in [-0.05, 0) is 64.2 Å². The lowest BCUT2D eigenvalue weighted by molar-refractivity contribution is -0.145. The van der Waals surface area contributed by atoms with Gasteiger partial charge in [-0.15, -0.1) is 0 Å². The van der Waals surface area contributed by atoms with Gasteiger partial charge in [0, 0.05) is 34.8 Å². The molecular weight excluding hydrogens is 457 g/mol. The molecule has 2 fully saturated rings. The van der Waals surface area contributed by atoms with E-state index in [1.807, 2.05) is 43.2 Å². The third kappa shape index (κ3) is 13.7. The fraction of sp³-hybridized carbons (Fsp3) is 0.909. The van der Waals surface area contributed by atoms with Gasteiger partial charge in [-0.1, -0.05) is 56.0 Å². The summed E-state index contributed by atoms with van der Waals surface area (Å²) < 4.78 is 10.6. The molecule has 2 atom stereocenters. The third-order valence-electron chi connectivity index (χ3n) is 5.33. The molecule has 4 nitrogen and oxygen atoms in total. The number of esters is 2. The van der Waals surface area contributed by atoms with Crippen LogP contribution in [0.2, 0.25) is 0 Å². The van der Waals surface area contributed by atoms with Crippen molar-refractivity contribution in [3.8, 4) is 0 Å². The van der Waals surface area contributed by atoms with Crippen molar-refractivity contribution in [3.63, 3.8) is 0 Å². The van der Waals surface area contributed by atoms with E-state index < -0.39 is 0 Å². The molecule has 0 aromatic heterocycles. The van der Waals surface area contributed by atoms with E-state index in [2.05, 4.69) is 0 Å². The number of carbonyl (C=O) groups excluding carboxylic acids is 2. The molecule has 0 bridgehead atoms. The van der Waals surface area contributed by atoms with E-state index in [0.717, 1.165) is 61.9 Å². The van der Waals surface area contributed by atoms with Crippen molar-refractivity contribution in [2.45, 2.75) is 100 Å². The number of unbranched alkanes of at least 4 members (excludes halogenated alkanes) is 5. The van der Waals surface area contributed by atoms with Gasteiger partial charge in [0.1, 0.15) is 0 Å². The SMILES string of the molecule is O=C(CCCCC1CCSS1)OCCCCCCOC(=O)CCCCC1CCSS1. The highest BCUT2D eigenvalue weighted by Crippen LogP contribution is 2.40. The fourth-order valence-electron chi connectivity index (χ4n) is 3.49. The van der Waals surface area contributed by atoms with Crippen LogP contribution in [0.1, 0.15) is 89.9 Å². The molecule has 2 unspecified atom stereocenters. The maximum absolute atomic E-state index is 11.7. The second kappa shape index (κ2) is 17.8. The number of carbonyl (C=O) groups is 2. The number of rotatable bonds is 17. The lowest BCUT2D eigenvalue weighted by Gasteiger charge is -2.08. The average molecular weight is 495 g/mol. The van der Waals surface area contributed by atoms with E-state index in [-0.39, 0.29) is 11.9 Å². The summed E-state index contributed by atoms with van der Waals surface area (Å²) in [4.78, 5) is 23.5. The molecule has 0 saturated carbocycles. The average Bonchev–Trinajstić information content (AvgIpc) is 3.45. The molecule has 30 heavy (non-hydrogen) atoms. The molecule has 2 rings (SSSR count). The van der Waals surface area contributed by atoms with Gasteiger partial charge in [-0.3, -0.25) is 9.59 Å². The predicted octanol–water partition coefficient (Wildman–Crippen LogP) is 7.06. The smallest absolute Gasteiger partial charge is 0.305 e. The number of ether oxygens (including phenoxy) is 2. The standard InChI is InChI=1S/C22H38O4S4/c23-21(11-5-3-9-19-13-17-27-29-19)25-15-7-1-2-8-16-26-22(24)12-6-4-10-20-14-18-28-30-20/h19-20H,1-18H2. The zero-order valence-electron chi connectivity index (χ0n) is 18.1. The van der Waals surface area contributed by atoms with Crippen LogP contribution in [0.3, 0.4) is 0 Å². The second-order valence-electron chi connectivity index (χ2n) is 8.00. The van der Waals surface area contributed by atoms with Crippen LogP contribution in [0.15, 0.2) is 0 Å². The summed E-state index contributed by atoms with van der Waals surface area (Å²) in [7, 11) is 7.97. The molecule has 0 aromatic carbocycles. The van der Waals surface area contributed by atoms with Crippen LogP contribution in [0, 0.1) is 0 Å². The molecule has 8 heteroatoms. The highest BCUT2D eigenvalue weighted by atomic mass is 33.1. The van der Waals surface area contributed by atoms with E-state index in [9.17, 15) is 9.59 Å². The first-order valence-corrected chi connectivity index (χ1v) is 16.4. The fourth-order valence-corrected chi connectivity index (χ4v) is 9.54. The monoisotopic (exact) mass is 494 g/mol. The zero-order valence-corrected chi connectivity index (χ0v) is 21.4. The van der Waals surface area contributed by atoms with Crippen molar-refractivity contribution in [3.05, 3.63) is 0 Å². The Morgan fingerprint density at radius 1 is 0.633 bits per heavy atom. The Balaban J connectivity index is 1.27. The molecule has 2 aliphatic rings. The van der Waals surface area contributed by atoms with Crippen molar-refractivity contribution in [1.82, 2.24) is 0 Å². The highest BCUT2D eigenvalue weighted by Gasteiger charge is 2.16. The Morgan fingerprint density at radius 2 is 1.10 bits per heavy atom. The minimum Gasteiger partial charge on any atom is -0.466 e. The molecule has 2 aliphatic heterocycles. The summed E-state index contributed by atoms with van der Waals surface area (Å²) in [5, 5.41) is 1.59. The van der Waals surface area contributed by atoms with Gasteiger partial charge >= 0.3 is 11.9 Å². The zero-order chi connectivity index (χ0) is 21.3. The van der Waals surface area contributed by atoms with Gasteiger partial charge in [0.25, 0.3) is 0 Å². The molecule has 0 N–H and O–H groups in total. The van der Waals surface area contributed by atoms with Gasteiger partial charge in [0.2, 0.25) is 0 Å². The van der Waals surface area contributed by atoms with Crippen LogP contribution in [-0.4, -0.2) is 47.2 Å². The summed E-state index contributed by atoms with van der Waals surface area (Å²) in [5.74, 6) is 2.45. The minimum atomic E-state index is -0.0531. The Labute approximate surface area is 198 Å². The summed E-state index contributed by atoms with van der Waals surface area (Å²) >= 11 is 0. The van der Waals surface area contributed by atoms with E-state index in [4.69, 9.17) is 9.47 Å². The maximum atomic E-state index is 11.7. The van der Waals surface area contributed by atoms with Crippen molar-refractivity contribution >= 4 is 55.1 Å². The lowest BCUT2D eigenvalue weighted by Crippen LogP contribution is -2.07. The minimum absolute atomic E-state index is 0.0531. The molecule has 0 aliphatic carbocycles. The molecule has 2 heterocycles. The van der Waals surface area contributed by atoms with E-state index >= 15 is 0 Å². The van der Waals surface area contributed by atoms with Crippen LogP contribution >= 0.6 is 43.2 Å². The first-order valence-electron chi connectivity index (χ1n) is 11.6. The van der Waals surface area contributed by atoms with Gasteiger partial charge in [0.15, 0.2) is 0 Å². The predicted molar refractivity (Wildman–Crippen MR) is 134 cm³/mol. The van der Waals surface area contributed by atoms with E-state index in [0.29, 0.717) is 26.1 Å². The third-order valence-corrected chi connectivity index (χ3v) is 11.3. The van der Waals surface area contributed by atoms with Crippen LogP contribution in [-0.2, 0) is 19.1 Å². The molecule has 0 radical (unpaired) electrons. The molecule has 2 saturated heterocycles. The molecule has 0 aromatic rings. The largest absolute Gasteiger partial charge is 0.466 e. The summed E-state index contributed by atoms with van der Waals surface area (Å²) in [6, 6.07) is 0. The summed E-state index contributed by atoms with van der Waals surface area (Å²) in [6.45, 7) is 1.04. The number of hydrogen-bond acceptors (Lipinski definition) is 8. The van der Waals surface area contributed by atoms with Crippen LogP contribution in [0.5, 0.6) is 0 Å². The molecule has 0 amide bonds. The molecule has 0 spiro atoms. The Kier molecular flexibility index (Phi) is 15.8. The van der Waals surface area contributed by atoms with Crippen LogP contribution in [0.4, 0.5) is 0 Å². The van der Waals surface area contributed by atoms with E-state index in [1.54, 1.807) is 0 Å². The van der Waals surface area contributed by atoms with Gasteiger partial charge < -0.3 is 9.47 Å². The second-order valence-corrected chi connectivity index (χ2v) is 13.6. The summed E-state index contributed by atoms with van der Waals surface area (Å²) in [6.07, 6.45) is 14.2. The Morgan fingerprint density at radius 3 is 1.50 bits per heavy atom. The van der Waals surface area contributed by atoms with Crippen molar-refractivity contribution < 1.29 is 19.1 Å². The Bertz CT molecular complexity index is 424. The maximum Gasteiger partial charge on any atom is 0.305 e. The Hall–Kier alpha value is 0.340. The highest BCUT2D eigenvalue weighted by molar-refractivity contribution is 8.77. The topological polar surface area (TPSA) is 52.6 Å². The van der Waals surface area contributed by atoms with Gasteiger partial charge in [0.05, 0.1) is 13.2 Å². The normalized spacial score (nSPS) is 21.1. The van der Waals surface area contributed by atoms with Crippen LogP contribution < -0.4 is 0 Å².